The summed E-state index contributed by atoms with van der Waals surface area (Å²) in [5, 5.41) is 3.34. The lowest BCUT2D eigenvalue weighted by Gasteiger charge is -2.23. The van der Waals surface area contributed by atoms with E-state index in [-0.39, 0.29) is 30.1 Å². The first-order chi connectivity index (χ1) is 9.78. The quantitative estimate of drug-likeness (QED) is 0.450. The van der Waals surface area contributed by atoms with Gasteiger partial charge >= 0.3 is 0 Å². The molecule has 5 nitrogen and oxygen atoms in total. The SMILES string of the molecule is CC(C)(C)NC(=S)NNC(=O)CCC(=O)c1ccccc1. The minimum atomic E-state index is -0.280. The summed E-state index contributed by atoms with van der Waals surface area (Å²) in [6, 6.07) is 8.91. The van der Waals surface area contributed by atoms with Crippen LogP contribution in [-0.4, -0.2) is 22.3 Å². The minimum absolute atomic E-state index is 0.0545. The Bertz CT molecular complexity index is 509. The molecule has 3 N–H and O–H groups in total. The molecule has 0 saturated heterocycles. The van der Waals surface area contributed by atoms with Crippen molar-refractivity contribution in [3.05, 3.63) is 35.9 Å². The van der Waals surface area contributed by atoms with Gasteiger partial charge in [0.05, 0.1) is 0 Å². The molecule has 0 unspecified atom stereocenters. The number of hydrogen-bond acceptors (Lipinski definition) is 3. The van der Waals surface area contributed by atoms with Crippen molar-refractivity contribution in [1.29, 1.82) is 0 Å². The van der Waals surface area contributed by atoms with E-state index in [4.69, 9.17) is 12.2 Å². The molecule has 0 aliphatic heterocycles. The van der Waals surface area contributed by atoms with E-state index in [1.54, 1.807) is 24.3 Å². The van der Waals surface area contributed by atoms with Crippen molar-refractivity contribution in [3.8, 4) is 0 Å². The molecule has 0 radical (unpaired) electrons. The standard InChI is InChI=1S/C15H21N3O2S/c1-15(2,3)16-14(21)18-17-13(20)10-9-12(19)11-7-5-4-6-8-11/h4-8H,9-10H2,1-3H3,(H,17,20)(H2,16,18,21). The van der Waals surface area contributed by atoms with E-state index in [9.17, 15) is 9.59 Å². The summed E-state index contributed by atoms with van der Waals surface area (Å²) < 4.78 is 0. The zero-order valence-electron chi connectivity index (χ0n) is 12.5. The fourth-order valence-electron chi connectivity index (χ4n) is 1.56. The van der Waals surface area contributed by atoms with Crippen molar-refractivity contribution in [3.63, 3.8) is 0 Å². The van der Waals surface area contributed by atoms with Crippen LogP contribution in [0.5, 0.6) is 0 Å². The minimum Gasteiger partial charge on any atom is -0.357 e. The first kappa shape index (κ1) is 17.1. The highest BCUT2D eigenvalue weighted by molar-refractivity contribution is 7.80. The van der Waals surface area contributed by atoms with Gasteiger partial charge in [0.1, 0.15) is 0 Å². The molecule has 21 heavy (non-hydrogen) atoms. The highest BCUT2D eigenvalue weighted by Crippen LogP contribution is 2.04. The van der Waals surface area contributed by atoms with Gasteiger partial charge in [-0.3, -0.25) is 20.4 Å². The number of carbonyl (C=O) groups is 2. The number of amides is 1. The third-order valence-electron chi connectivity index (χ3n) is 2.48. The Morgan fingerprint density at radius 2 is 1.67 bits per heavy atom. The van der Waals surface area contributed by atoms with Crippen LogP contribution in [0.3, 0.4) is 0 Å². The molecule has 6 heteroatoms. The number of Topliss-reactive ketones (excluding diaryl/α,β-unsaturated/α-hetero) is 1. The van der Waals surface area contributed by atoms with Crippen LogP contribution in [0, 0.1) is 0 Å². The predicted octanol–water partition coefficient (Wildman–Crippen LogP) is 1.94. The molecular weight excluding hydrogens is 286 g/mol. The zero-order valence-corrected chi connectivity index (χ0v) is 13.3. The maximum Gasteiger partial charge on any atom is 0.238 e. The van der Waals surface area contributed by atoms with Crippen molar-refractivity contribution in [2.75, 3.05) is 0 Å². The molecule has 0 atom stereocenters. The van der Waals surface area contributed by atoms with Crippen LogP contribution in [0.1, 0.15) is 44.0 Å². The second-order valence-corrected chi connectivity index (χ2v) is 6.07. The van der Waals surface area contributed by atoms with Crippen LogP contribution in [0.25, 0.3) is 0 Å². The molecule has 0 heterocycles. The van der Waals surface area contributed by atoms with Gasteiger partial charge in [-0.05, 0) is 33.0 Å². The fourth-order valence-corrected chi connectivity index (χ4v) is 1.91. The second kappa shape index (κ2) is 7.73. The smallest absolute Gasteiger partial charge is 0.238 e. The van der Waals surface area contributed by atoms with E-state index in [1.165, 1.54) is 0 Å². The van der Waals surface area contributed by atoms with E-state index in [0.717, 1.165) is 0 Å². The van der Waals surface area contributed by atoms with Crippen molar-refractivity contribution in [1.82, 2.24) is 16.2 Å². The van der Waals surface area contributed by atoms with Gasteiger partial charge < -0.3 is 5.32 Å². The van der Waals surface area contributed by atoms with Gasteiger partial charge in [-0.15, -0.1) is 0 Å². The number of hydrazine groups is 1. The maximum absolute atomic E-state index is 11.8. The van der Waals surface area contributed by atoms with Gasteiger partial charge in [-0.25, -0.2) is 0 Å². The zero-order chi connectivity index (χ0) is 15.9. The summed E-state index contributed by atoms with van der Waals surface area (Å²) in [4.78, 5) is 23.5. The number of carbonyl (C=O) groups excluding carboxylic acids is 2. The molecule has 0 bridgehead atoms. The highest BCUT2D eigenvalue weighted by Gasteiger charge is 2.12. The summed E-state index contributed by atoms with van der Waals surface area (Å²) in [5.74, 6) is -0.335. The van der Waals surface area contributed by atoms with Gasteiger partial charge in [-0.2, -0.15) is 0 Å². The lowest BCUT2D eigenvalue weighted by atomic mass is 10.1. The van der Waals surface area contributed by atoms with E-state index in [1.807, 2.05) is 26.8 Å². The largest absolute Gasteiger partial charge is 0.357 e. The molecule has 1 rings (SSSR count). The lowest BCUT2D eigenvalue weighted by Crippen LogP contribution is -2.52. The predicted molar refractivity (Wildman–Crippen MR) is 86.8 cm³/mol. The third-order valence-corrected chi connectivity index (χ3v) is 2.68. The Balaban J connectivity index is 2.29. The summed E-state index contributed by atoms with van der Waals surface area (Å²) in [7, 11) is 0. The fraction of sp³-hybridized carbons (Fsp3) is 0.400. The monoisotopic (exact) mass is 307 g/mol. The van der Waals surface area contributed by atoms with Gasteiger partial charge in [-0.1, -0.05) is 30.3 Å². The van der Waals surface area contributed by atoms with Crippen molar-refractivity contribution in [2.24, 2.45) is 0 Å². The normalized spacial score (nSPS) is 10.6. The molecule has 0 aliphatic carbocycles. The topological polar surface area (TPSA) is 70.2 Å². The third kappa shape index (κ3) is 7.41. The van der Waals surface area contributed by atoms with Crippen molar-refractivity contribution < 1.29 is 9.59 Å². The summed E-state index contributed by atoms with van der Waals surface area (Å²) in [5.41, 5.74) is 5.51. The maximum atomic E-state index is 11.8. The first-order valence-corrected chi connectivity index (χ1v) is 7.14. The average Bonchev–Trinajstić information content (AvgIpc) is 2.41. The molecule has 0 fully saturated rings. The highest BCUT2D eigenvalue weighted by atomic mass is 32.1. The molecule has 0 saturated carbocycles. The number of ketones is 1. The molecule has 1 amide bonds. The molecular formula is C15H21N3O2S. The van der Waals surface area contributed by atoms with Gasteiger partial charge in [0.25, 0.3) is 0 Å². The van der Waals surface area contributed by atoms with Gasteiger partial charge in [0, 0.05) is 23.9 Å². The van der Waals surface area contributed by atoms with E-state index >= 15 is 0 Å². The van der Waals surface area contributed by atoms with Gasteiger partial charge in [0.15, 0.2) is 10.9 Å². The number of hydrogen-bond donors (Lipinski definition) is 3. The van der Waals surface area contributed by atoms with Crippen molar-refractivity contribution in [2.45, 2.75) is 39.2 Å². The van der Waals surface area contributed by atoms with Crippen LogP contribution in [0.4, 0.5) is 0 Å². The number of rotatable bonds is 4. The summed E-state index contributed by atoms with van der Waals surface area (Å²) >= 11 is 5.03. The summed E-state index contributed by atoms with van der Waals surface area (Å²) in [6.45, 7) is 5.88. The Morgan fingerprint density at radius 1 is 1.05 bits per heavy atom. The van der Waals surface area contributed by atoms with Gasteiger partial charge in [0.2, 0.25) is 5.91 Å². The first-order valence-electron chi connectivity index (χ1n) is 6.73. The van der Waals surface area contributed by atoms with E-state index in [2.05, 4.69) is 16.2 Å². The molecule has 1 aromatic carbocycles. The number of thiocarbonyl (C=S) groups is 1. The van der Waals surface area contributed by atoms with E-state index < -0.39 is 0 Å². The Hall–Kier alpha value is -1.95. The Morgan fingerprint density at radius 3 is 2.24 bits per heavy atom. The van der Waals surface area contributed by atoms with Crippen LogP contribution < -0.4 is 16.2 Å². The van der Waals surface area contributed by atoms with Crippen LogP contribution in [0.15, 0.2) is 30.3 Å². The number of benzene rings is 1. The molecule has 0 aliphatic rings. The molecule has 0 spiro atoms. The molecule has 1 aromatic rings. The lowest BCUT2D eigenvalue weighted by molar-refractivity contribution is -0.121. The molecule has 0 aromatic heterocycles. The van der Waals surface area contributed by atoms with Crippen LogP contribution in [0.2, 0.25) is 0 Å². The summed E-state index contributed by atoms with van der Waals surface area (Å²) in [6.07, 6.45) is 0.274. The average molecular weight is 307 g/mol. The Labute approximate surface area is 130 Å². The van der Waals surface area contributed by atoms with Crippen molar-refractivity contribution >= 4 is 29.0 Å². The van der Waals surface area contributed by atoms with Crippen LogP contribution >= 0.6 is 12.2 Å². The van der Waals surface area contributed by atoms with Crippen LogP contribution in [-0.2, 0) is 4.79 Å². The Kier molecular flexibility index (Phi) is 6.30. The second-order valence-electron chi connectivity index (χ2n) is 5.67. The van der Waals surface area contributed by atoms with E-state index in [0.29, 0.717) is 10.7 Å². The number of nitrogens with one attached hydrogen (secondary N) is 3. The molecule has 114 valence electrons.